The molecular formula is C25H20F3N3O4. The van der Waals surface area contributed by atoms with E-state index in [2.05, 4.69) is 0 Å². The molecule has 4 aliphatic rings. The van der Waals surface area contributed by atoms with E-state index in [1.54, 1.807) is 0 Å². The van der Waals surface area contributed by atoms with Gasteiger partial charge in [-0.2, -0.15) is 18.4 Å². The number of halogens is 3. The average molecular weight is 483 g/mol. The number of amides is 3. The van der Waals surface area contributed by atoms with Gasteiger partial charge in [0, 0.05) is 12.6 Å². The van der Waals surface area contributed by atoms with E-state index in [0.717, 1.165) is 16.5 Å². The van der Waals surface area contributed by atoms with Crippen molar-refractivity contribution < 1.29 is 32.3 Å². The largest absolute Gasteiger partial charge is 0.445 e. The highest BCUT2D eigenvalue weighted by Gasteiger charge is 2.61. The molecule has 0 N–H and O–H groups in total. The fraction of sp³-hybridized carbons (Fsp3) is 0.360. The third-order valence-electron chi connectivity index (χ3n) is 7.11. The maximum atomic E-state index is 13.5. The average Bonchev–Trinajstić information content (AvgIpc) is 3.14. The van der Waals surface area contributed by atoms with E-state index in [4.69, 9.17) is 10.00 Å². The number of fused-ring (bicyclic) bond motifs is 2. The highest BCUT2D eigenvalue weighted by atomic mass is 19.4. The summed E-state index contributed by atoms with van der Waals surface area (Å²) in [5, 5.41) is 9.04. The topological polar surface area (TPSA) is 90.7 Å². The number of rotatable bonds is 3. The first-order valence-electron chi connectivity index (χ1n) is 11.2. The smallest absolute Gasteiger partial charge is 0.417 e. The van der Waals surface area contributed by atoms with Crippen molar-refractivity contribution in [1.82, 2.24) is 4.90 Å². The van der Waals surface area contributed by atoms with Crippen LogP contribution in [-0.4, -0.2) is 35.4 Å². The summed E-state index contributed by atoms with van der Waals surface area (Å²) in [6, 6.07) is 12.8. The standard InChI is InChI=1S/C25H20F3N3O4/c26-25(27,28)18-10-17(8-6-15(18)11-29)31-22(32)20-16-7-9-19(21(20)23(31)33)30(12-16)24(34)35-13-14-4-2-1-3-5-14/h1-6,8,10,16,19-21H,7,9,12-13H2/t16?,19?,20-,21+/m0/s1. The highest BCUT2D eigenvalue weighted by molar-refractivity contribution is 6.22. The van der Waals surface area contributed by atoms with Gasteiger partial charge in [-0.3, -0.25) is 9.59 Å². The first-order chi connectivity index (χ1) is 16.7. The van der Waals surface area contributed by atoms with Crippen LogP contribution in [-0.2, 0) is 27.1 Å². The van der Waals surface area contributed by atoms with E-state index in [1.165, 1.54) is 17.0 Å². The minimum atomic E-state index is -4.82. The van der Waals surface area contributed by atoms with Gasteiger partial charge in [-0.15, -0.1) is 0 Å². The van der Waals surface area contributed by atoms with Crippen molar-refractivity contribution in [3.63, 3.8) is 0 Å². The molecule has 3 heterocycles. The molecule has 0 spiro atoms. The maximum absolute atomic E-state index is 13.5. The SMILES string of the molecule is N#Cc1ccc(N2C(=O)[C@@H]3C4CCC(CN4C(=O)OCc4ccccc4)[C@@H]3C2=O)cc1C(F)(F)F. The summed E-state index contributed by atoms with van der Waals surface area (Å²) >= 11 is 0. The summed E-state index contributed by atoms with van der Waals surface area (Å²) in [4.78, 5) is 41.8. The van der Waals surface area contributed by atoms with Crippen LogP contribution in [0.15, 0.2) is 48.5 Å². The fourth-order valence-corrected chi connectivity index (χ4v) is 5.57. The summed E-state index contributed by atoms with van der Waals surface area (Å²) in [7, 11) is 0. The Morgan fingerprint density at radius 1 is 1.06 bits per heavy atom. The minimum Gasteiger partial charge on any atom is -0.445 e. The van der Waals surface area contributed by atoms with Gasteiger partial charge >= 0.3 is 12.3 Å². The number of imide groups is 1. The highest BCUT2D eigenvalue weighted by Crippen LogP contribution is 2.50. The van der Waals surface area contributed by atoms with Gasteiger partial charge in [-0.1, -0.05) is 30.3 Å². The molecule has 2 aromatic rings. The molecular weight excluding hydrogens is 463 g/mol. The van der Waals surface area contributed by atoms with Crippen LogP contribution in [0, 0.1) is 29.1 Å². The summed E-state index contributed by atoms with van der Waals surface area (Å²) < 4.78 is 45.8. The van der Waals surface area contributed by atoms with Crippen LogP contribution < -0.4 is 4.90 Å². The predicted octanol–water partition coefficient (Wildman–Crippen LogP) is 4.11. The number of nitrogens with zero attached hydrogens (tertiary/aromatic N) is 3. The second-order valence-electron chi connectivity index (χ2n) is 9.00. The van der Waals surface area contributed by atoms with Gasteiger partial charge in [0.2, 0.25) is 11.8 Å². The fourth-order valence-electron chi connectivity index (χ4n) is 5.57. The van der Waals surface area contributed by atoms with Crippen molar-refractivity contribution in [3.05, 3.63) is 65.2 Å². The zero-order chi connectivity index (χ0) is 24.9. The first kappa shape index (κ1) is 22.9. The molecule has 4 fully saturated rings. The van der Waals surface area contributed by atoms with Crippen molar-refractivity contribution in [2.45, 2.75) is 31.7 Å². The molecule has 3 saturated heterocycles. The molecule has 3 amide bonds. The summed E-state index contributed by atoms with van der Waals surface area (Å²) in [6.07, 6.45) is -4.28. The normalized spacial score (nSPS) is 25.4. The van der Waals surface area contributed by atoms with Crippen molar-refractivity contribution >= 4 is 23.6 Å². The minimum absolute atomic E-state index is 0.0616. The molecule has 6 rings (SSSR count). The van der Waals surface area contributed by atoms with Crippen molar-refractivity contribution in [3.8, 4) is 6.07 Å². The van der Waals surface area contributed by atoms with Crippen LogP contribution in [0.25, 0.3) is 0 Å². The number of alkyl halides is 3. The molecule has 4 atom stereocenters. The zero-order valence-electron chi connectivity index (χ0n) is 18.4. The number of piperidine rings is 2. The Morgan fingerprint density at radius 3 is 2.46 bits per heavy atom. The van der Waals surface area contributed by atoms with E-state index in [1.807, 2.05) is 30.3 Å². The number of anilines is 1. The van der Waals surface area contributed by atoms with Gasteiger partial charge in [0.25, 0.3) is 0 Å². The van der Waals surface area contributed by atoms with E-state index in [0.29, 0.717) is 18.9 Å². The van der Waals surface area contributed by atoms with Gasteiger partial charge in [-0.05, 0) is 42.5 Å². The number of hydrogen-bond acceptors (Lipinski definition) is 5. The molecule has 7 nitrogen and oxygen atoms in total. The molecule has 1 aliphatic carbocycles. The van der Waals surface area contributed by atoms with Gasteiger partial charge in [0.05, 0.1) is 34.7 Å². The number of carbonyl (C=O) groups is 3. The second kappa shape index (κ2) is 8.41. The lowest BCUT2D eigenvalue weighted by atomic mass is 9.66. The number of ether oxygens (including phenoxy) is 1. The lowest BCUT2D eigenvalue weighted by Crippen LogP contribution is -2.60. The van der Waals surface area contributed by atoms with Crippen LogP contribution in [0.5, 0.6) is 0 Å². The molecule has 0 aromatic heterocycles. The molecule has 35 heavy (non-hydrogen) atoms. The second-order valence-corrected chi connectivity index (χ2v) is 9.00. The van der Waals surface area contributed by atoms with Crippen LogP contribution in [0.2, 0.25) is 0 Å². The van der Waals surface area contributed by atoms with Gasteiger partial charge < -0.3 is 9.64 Å². The number of carbonyl (C=O) groups excluding carboxylic acids is 3. The lowest BCUT2D eigenvalue weighted by molar-refractivity contribution is -0.138. The van der Waals surface area contributed by atoms with E-state index >= 15 is 0 Å². The van der Waals surface area contributed by atoms with Crippen molar-refractivity contribution in [1.29, 1.82) is 5.26 Å². The Hall–Kier alpha value is -3.87. The number of hydrogen-bond donors (Lipinski definition) is 0. The monoisotopic (exact) mass is 483 g/mol. The van der Waals surface area contributed by atoms with Crippen molar-refractivity contribution in [2.24, 2.45) is 17.8 Å². The van der Waals surface area contributed by atoms with Crippen LogP contribution in [0.4, 0.5) is 23.7 Å². The van der Waals surface area contributed by atoms with E-state index < -0.39 is 53.1 Å². The molecule has 0 radical (unpaired) electrons. The Balaban J connectivity index is 1.40. The van der Waals surface area contributed by atoms with Gasteiger partial charge in [0.15, 0.2) is 0 Å². The van der Waals surface area contributed by atoms with E-state index in [9.17, 15) is 27.6 Å². The summed E-state index contributed by atoms with van der Waals surface area (Å²) in [5.41, 5.74) is -1.22. The Morgan fingerprint density at radius 2 is 1.77 bits per heavy atom. The molecule has 180 valence electrons. The molecule has 1 saturated carbocycles. The molecule has 3 aliphatic heterocycles. The Labute approximate surface area is 198 Å². The Kier molecular flexibility index (Phi) is 5.50. The van der Waals surface area contributed by atoms with Crippen molar-refractivity contribution in [2.75, 3.05) is 11.4 Å². The third kappa shape index (κ3) is 3.81. The summed E-state index contributed by atoms with van der Waals surface area (Å²) in [6.45, 7) is 0.305. The van der Waals surface area contributed by atoms with Gasteiger partial charge in [-0.25, -0.2) is 9.69 Å². The van der Waals surface area contributed by atoms with Crippen LogP contribution in [0.3, 0.4) is 0 Å². The molecule has 10 heteroatoms. The third-order valence-corrected chi connectivity index (χ3v) is 7.11. The molecule has 2 aromatic carbocycles. The van der Waals surface area contributed by atoms with Gasteiger partial charge in [0.1, 0.15) is 6.61 Å². The van der Waals surface area contributed by atoms with Crippen LogP contribution in [0.1, 0.15) is 29.5 Å². The Bertz CT molecular complexity index is 1240. The number of benzene rings is 2. The summed E-state index contributed by atoms with van der Waals surface area (Å²) in [5.74, 6) is -3.04. The zero-order valence-corrected chi connectivity index (χ0v) is 18.4. The van der Waals surface area contributed by atoms with E-state index in [-0.39, 0.29) is 24.8 Å². The quantitative estimate of drug-likeness (QED) is 0.613. The predicted molar refractivity (Wildman–Crippen MR) is 115 cm³/mol. The molecule has 2 bridgehead atoms. The molecule has 2 unspecified atom stereocenters. The number of nitriles is 1. The van der Waals surface area contributed by atoms with Crippen LogP contribution >= 0.6 is 0 Å². The first-order valence-corrected chi connectivity index (χ1v) is 11.2. The lowest BCUT2D eigenvalue weighted by Gasteiger charge is -2.49. The maximum Gasteiger partial charge on any atom is 0.417 e.